The molecular weight excluding hydrogens is 272 g/mol. The second kappa shape index (κ2) is 5.75. The molecule has 88 valence electrons. The number of nitrogens with zero attached hydrogens (tertiary/aromatic N) is 1. The van der Waals surface area contributed by atoms with Crippen molar-refractivity contribution in [3.05, 3.63) is 27.7 Å². The van der Waals surface area contributed by atoms with E-state index in [1.807, 2.05) is 26.0 Å². The quantitative estimate of drug-likeness (QED) is 0.387. The standard InChI is InChI=1S/C11H15BrN2O2/c1-7-5-9(6-8(2)11(7)12)16-4-3-10(13)14-15/h5-6,15H,3-4H2,1-2H3,(H2,13,14). The van der Waals surface area contributed by atoms with E-state index in [0.29, 0.717) is 13.0 Å². The van der Waals surface area contributed by atoms with Gasteiger partial charge in [0.25, 0.3) is 0 Å². The highest BCUT2D eigenvalue weighted by atomic mass is 79.9. The molecule has 0 aromatic heterocycles. The minimum atomic E-state index is 0.172. The highest BCUT2D eigenvalue weighted by Gasteiger charge is 2.03. The van der Waals surface area contributed by atoms with Gasteiger partial charge in [0.2, 0.25) is 0 Å². The van der Waals surface area contributed by atoms with Gasteiger partial charge in [0.1, 0.15) is 11.6 Å². The van der Waals surface area contributed by atoms with Crippen LogP contribution in [0.3, 0.4) is 0 Å². The van der Waals surface area contributed by atoms with Gasteiger partial charge in [-0.25, -0.2) is 0 Å². The Morgan fingerprint density at radius 3 is 2.50 bits per heavy atom. The van der Waals surface area contributed by atoms with Crippen LogP contribution in [-0.4, -0.2) is 17.6 Å². The number of oxime groups is 1. The molecule has 0 aliphatic heterocycles. The Hall–Kier alpha value is -1.23. The molecule has 1 rings (SSSR count). The van der Waals surface area contributed by atoms with Crippen molar-refractivity contribution in [2.45, 2.75) is 20.3 Å². The third kappa shape index (κ3) is 3.41. The number of benzene rings is 1. The first kappa shape index (κ1) is 12.8. The number of aryl methyl sites for hydroxylation is 2. The van der Waals surface area contributed by atoms with Crippen molar-refractivity contribution in [3.8, 4) is 5.75 Å². The van der Waals surface area contributed by atoms with Gasteiger partial charge in [-0.3, -0.25) is 0 Å². The minimum absolute atomic E-state index is 0.172. The Balaban J connectivity index is 2.62. The van der Waals surface area contributed by atoms with E-state index >= 15 is 0 Å². The molecule has 0 saturated carbocycles. The monoisotopic (exact) mass is 286 g/mol. The van der Waals surface area contributed by atoms with Gasteiger partial charge in [0.05, 0.1) is 6.61 Å². The maximum atomic E-state index is 8.36. The van der Waals surface area contributed by atoms with Gasteiger partial charge in [-0.1, -0.05) is 21.1 Å². The average molecular weight is 287 g/mol. The first-order chi connectivity index (χ1) is 7.54. The van der Waals surface area contributed by atoms with Gasteiger partial charge < -0.3 is 15.7 Å². The molecule has 0 heterocycles. The van der Waals surface area contributed by atoms with E-state index in [-0.39, 0.29) is 5.84 Å². The topological polar surface area (TPSA) is 67.8 Å². The minimum Gasteiger partial charge on any atom is -0.493 e. The SMILES string of the molecule is Cc1cc(OCC/C(N)=N/O)cc(C)c1Br. The van der Waals surface area contributed by atoms with Crippen LogP contribution >= 0.6 is 15.9 Å². The van der Waals surface area contributed by atoms with Gasteiger partial charge in [-0.05, 0) is 37.1 Å². The maximum absolute atomic E-state index is 8.36. The third-order valence-electron chi connectivity index (χ3n) is 2.17. The molecule has 0 fully saturated rings. The summed E-state index contributed by atoms with van der Waals surface area (Å²) < 4.78 is 6.60. The summed E-state index contributed by atoms with van der Waals surface area (Å²) in [4.78, 5) is 0. The van der Waals surface area contributed by atoms with Crippen LogP contribution in [0.25, 0.3) is 0 Å². The smallest absolute Gasteiger partial charge is 0.142 e. The molecule has 0 amide bonds. The highest BCUT2D eigenvalue weighted by molar-refractivity contribution is 9.10. The number of hydrogen-bond acceptors (Lipinski definition) is 3. The average Bonchev–Trinajstić information content (AvgIpc) is 2.25. The summed E-state index contributed by atoms with van der Waals surface area (Å²) in [6, 6.07) is 3.90. The molecular formula is C11H15BrN2O2. The van der Waals surface area contributed by atoms with Crippen LogP contribution in [0, 0.1) is 13.8 Å². The van der Waals surface area contributed by atoms with Crippen LogP contribution in [0.5, 0.6) is 5.75 Å². The van der Waals surface area contributed by atoms with Gasteiger partial charge >= 0.3 is 0 Å². The number of halogens is 1. The van der Waals surface area contributed by atoms with E-state index in [1.54, 1.807) is 0 Å². The van der Waals surface area contributed by atoms with Crippen molar-refractivity contribution in [1.29, 1.82) is 0 Å². The number of amidine groups is 1. The molecule has 16 heavy (non-hydrogen) atoms. The number of ether oxygens (including phenoxy) is 1. The lowest BCUT2D eigenvalue weighted by molar-refractivity contribution is 0.305. The molecule has 1 aromatic carbocycles. The lowest BCUT2D eigenvalue weighted by Gasteiger charge is -2.09. The van der Waals surface area contributed by atoms with E-state index in [2.05, 4.69) is 21.1 Å². The molecule has 0 bridgehead atoms. The third-order valence-corrected chi connectivity index (χ3v) is 3.42. The first-order valence-corrected chi connectivity index (χ1v) is 5.70. The van der Waals surface area contributed by atoms with Crippen molar-refractivity contribution in [1.82, 2.24) is 0 Å². The zero-order valence-corrected chi connectivity index (χ0v) is 10.9. The largest absolute Gasteiger partial charge is 0.493 e. The lowest BCUT2D eigenvalue weighted by atomic mass is 10.1. The zero-order chi connectivity index (χ0) is 12.1. The molecule has 3 N–H and O–H groups in total. The van der Waals surface area contributed by atoms with Crippen molar-refractivity contribution < 1.29 is 9.94 Å². The fraction of sp³-hybridized carbons (Fsp3) is 0.364. The van der Waals surface area contributed by atoms with Crippen LogP contribution in [0.4, 0.5) is 0 Å². The normalized spacial score (nSPS) is 11.6. The van der Waals surface area contributed by atoms with Crippen LogP contribution < -0.4 is 10.5 Å². The fourth-order valence-corrected chi connectivity index (χ4v) is 1.54. The molecule has 0 aliphatic carbocycles. The van der Waals surface area contributed by atoms with Crippen LogP contribution in [0.1, 0.15) is 17.5 Å². The van der Waals surface area contributed by atoms with Crippen LogP contribution in [0.15, 0.2) is 21.8 Å². The Morgan fingerprint density at radius 2 is 2.00 bits per heavy atom. The first-order valence-electron chi connectivity index (χ1n) is 4.90. The second-order valence-electron chi connectivity index (χ2n) is 3.56. The summed E-state index contributed by atoms with van der Waals surface area (Å²) in [5.74, 6) is 0.967. The molecule has 1 aromatic rings. The molecule has 0 radical (unpaired) electrons. The fourth-order valence-electron chi connectivity index (χ4n) is 1.31. The Morgan fingerprint density at radius 1 is 1.44 bits per heavy atom. The molecule has 0 aliphatic rings. The maximum Gasteiger partial charge on any atom is 0.142 e. The number of hydrogen-bond donors (Lipinski definition) is 2. The van der Waals surface area contributed by atoms with Crippen molar-refractivity contribution in [2.24, 2.45) is 10.9 Å². The summed E-state index contributed by atoms with van der Waals surface area (Å²) in [5.41, 5.74) is 7.58. The predicted molar refractivity (Wildman–Crippen MR) is 67.1 cm³/mol. The van der Waals surface area contributed by atoms with Gasteiger partial charge in [-0.2, -0.15) is 0 Å². The lowest BCUT2D eigenvalue weighted by Crippen LogP contribution is -2.15. The molecule has 4 nitrogen and oxygen atoms in total. The summed E-state index contributed by atoms with van der Waals surface area (Å²) in [6.45, 7) is 4.41. The molecule has 0 spiro atoms. The number of nitrogens with two attached hydrogens (primary N) is 1. The van der Waals surface area contributed by atoms with E-state index in [0.717, 1.165) is 21.3 Å². The second-order valence-corrected chi connectivity index (χ2v) is 4.35. The molecule has 0 unspecified atom stereocenters. The Labute approximate surface area is 103 Å². The van der Waals surface area contributed by atoms with Gasteiger partial charge in [0, 0.05) is 10.9 Å². The van der Waals surface area contributed by atoms with E-state index < -0.39 is 0 Å². The van der Waals surface area contributed by atoms with Crippen molar-refractivity contribution in [3.63, 3.8) is 0 Å². The van der Waals surface area contributed by atoms with E-state index in [4.69, 9.17) is 15.7 Å². The van der Waals surface area contributed by atoms with Crippen LogP contribution in [0.2, 0.25) is 0 Å². The molecule has 0 saturated heterocycles. The Bertz CT molecular complexity index is 382. The van der Waals surface area contributed by atoms with Gasteiger partial charge in [-0.15, -0.1) is 0 Å². The summed E-state index contributed by atoms with van der Waals surface area (Å²) >= 11 is 3.49. The van der Waals surface area contributed by atoms with Crippen molar-refractivity contribution in [2.75, 3.05) is 6.61 Å². The predicted octanol–water partition coefficient (Wildman–Crippen LogP) is 2.58. The summed E-state index contributed by atoms with van der Waals surface area (Å²) in [5, 5.41) is 11.2. The summed E-state index contributed by atoms with van der Waals surface area (Å²) in [6.07, 6.45) is 0.407. The highest BCUT2D eigenvalue weighted by Crippen LogP contribution is 2.26. The van der Waals surface area contributed by atoms with E-state index in [1.165, 1.54) is 0 Å². The van der Waals surface area contributed by atoms with Crippen LogP contribution in [-0.2, 0) is 0 Å². The van der Waals surface area contributed by atoms with Crippen molar-refractivity contribution >= 4 is 21.8 Å². The Kier molecular flexibility index (Phi) is 4.61. The summed E-state index contributed by atoms with van der Waals surface area (Å²) in [7, 11) is 0. The number of rotatable bonds is 4. The van der Waals surface area contributed by atoms with E-state index in [9.17, 15) is 0 Å². The molecule has 0 atom stereocenters. The molecule has 5 heteroatoms. The van der Waals surface area contributed by atoms with Gasteiger partial charge in [0.15, 0.2) is 0 Å². The zero-order valence-electron chi connectivity index (χ0n) is 9.33.